The predicted molar refractivity (Wildman–Crippen MR) is 72.7 cm³/mol. The topological polar surface area (TPSA) is 50.4 Å². The Morgan fingerprint density at radius 3 is 2.84 bits per heavy atom. The summed E-state index contributed by atoms with van der Waals surface area (Å²) in [6.45, 7) is 4.77. The van der Waals surface area contributed by atoms with Crippen LogP contribution in [0, 0.1) is 5.82 Å². The van der Waals surface area contributed by atoms with Crippen LogP contribution in [0.15, 0.2) is 18.2 Å². The maximum atomic E-state index is 13.3. The first-order valence-corrected chi connectivity index (χ1v) is 6.44. The van der Waals surface area contributed by atoms with Gasteiger partial charge in [-0.2, -0.15) is 0 Å². The molecule has 0 spiro atoms. The molecule has 2 N–H and O–H groups in total. The number of likely N-dealkylation sites (N-methyl/N-ethyl adjacent to an activating group) is 1. The predicted octanol–water partition coefficient (Wildman–Crippen LogP) is 2.01. The Kier molecular flexibility index (Phi) is 6.29. The third-order valence-electron chi connectivity index (χ3n) is 2.78. The molecule has 106 valence electrons. The van der Waals surface area contributed by atoms with Crippen molar-refractivity contribution in [2.45, 2.75) is 26.3 Å². The molecule has 0 bridgehead atoms. The Morgan fingerprint density at radius 1 is 1.47 bits per heavy atom. The number of amides is 1. The molecule has 0 heterocycles. The molecule has 0 radical (unpaired) electrons. The van der Waals surface area contributed by atoms with Crippen LogP contribution in [0.2, 0.25) is 0 Å². The zero-order valence-electron chi connectivity index (χ0n) is 11.6. The van der Waals surface area contributed by atoms with Crippen LogP contribution in [-0.4, -0.2) is 26.1 Å². The lowest BCUT2D eigenvalue weighted by Gasteiger charge is -2.18. The van der Waals surface area contributed by atoms with Gasteiger partial charge in [-0.1, -0.05) is 6.92 Å². The van der Waals surface area contributed by atoms with Gasteiger partial charge < -0.3 is 15.4 Å². The maximum absolute atomic E-state index is 13.3. The minimum atomic E-state index is -0.313. The third-order valence-corrected chi connectivity index (χ3v) is 2.78. The van der Waals surface area contributed by atoms with E-state index in [1.54, 1.807) is 13.1 Å². The van der Waals surface area contributed by atoms with Crippen LogP contribution in [0.3, 0.4) is 0 Å². The zero-order chi connectivity index (χ0) is 14.3. The second-order valence-electron chi connectivity index (χ2n) is 4.32. The number of carbonyl (C=O) groups is 1. The summed E-state index contributed by atoms with van der Waals surface area (Å²) in [6, 6.07) is 4.29. The number of hydrogen-bond acceptors (Lipinski definition) is 3. The van der Waals surface area contributed by atoms with Crippen molar-refractivity contribution in [3.63, 3.8) is 0 Å². The van der Waals surface area contributed by atoms with Gasteiger partial charge >= 0.3 is 0 Å². The normalized spacial score (nSPS) is 12.0. The fraction of sp³-hybridized carbons (Fsp3) is 0.500. The van der Waals surface area contributed by atoms with E-state index in [9.17, 15) is 9.18 Å². The molecule has 0 fully saturated rings. The maximum Gasteiger partial charge on any atom is 0.257 e. The lowest BCUT2D eigenvalue weighted by molar-refractivity contribution is -0.122. The largest absolute Gasteiger partial charge is 0.483 e. The van der Waals surface area contributed by atoms with Gasteiger partial charge in [0.1, 0.15) is 11.6 Å². The van der Waals surface area contributed by atoms with Crippen molar-refractivity contribution in [3.05, 3.63) is 29.6 Å². The van der Waals surface area contributed by atoms with Crippen LogP contribution >= 0.6 is 0 Å². The third kappa shape index (κ3) is 4.87. The van der Waals surface area contributed by atoms with Gasteiger partial charge in [-0.25, -0.2) is 4.39 Å². The van der Waals surface area contributed by atoms with E-state index in [0.717, 1.165) is 18.5 Å². The number of rotatable bonds is 7. The van der Waals surface area contributed by atoms with Gasteiger partial charge in [0.15, 0.2) is 6.61 Å². The Labute approximate surface area is 113 Å². The van der Waals surface area contributed by atoms with Crippen LogP contribution in [0.25, 0.3) is 0 Å². The fourth-order valence-electron chi connectivity index (χ4n) is 1.68. The molecule has 1 rings (SSSR count). The standard InChI is InChI=1S/C14H21FN2O2/c1-4-7-17-10(2)12-8-11(15)5-6-13(12)19-9-14(18)16-3/h5-6,8,10,17H,4,7,9H2,1-3H3,(H,16,18). The van der Waals surface area contributed by atoms with Gasteiger partial charge in [-0.15, -0.1) is 0 Å². The van der Waals surface area contributed by atoms with Crippen LogP contribution in [-0.2, 0) is 4.79 Å². The van der Waals surface area contributed by atoms with Gasteiger partial charge in [0, 0.05) is 18.7 Å². The number of carbonyl (C=O) groups excluding carboxylic acids is 1. The average Bonchev–Trinajstić information content (AvgIpc) is 2.42. The molecule has 1 aromatic carbocycles. The van der Waals surface area contributed by atoms with Gasteiger partial charge in [0.2, 0.25) is 0 Å². The van der Waals surface area contributed by atoms with Crippen molar-refractivity contribution in [3.8, 4) is 5.75 Å². The molecule has 5 heteroatoms. The lowest BCUT2D eigenvalue weighted by atomic mass is 10.1. The first-order chi connectivity index (χ1) is 9.08. The molecular formula is C14H21FN2O2. The van der Waals surface area contributed by atoms with Crippen LogP contribution in [0.4, 0.5) is 4.39 Å². The summed E-state index contributed by atoms with van der Waals surface area (Å²) in [5.74, 6) is -0.00186. The summed E-state index contributed by atoms with van der Waals surface area (Å²) in [4.78, 5) is 11.2. The highest BCUT2D eigenvalue weighted by Gasteiger charge is 2.13. The van der Waals surface area contributed by atoms with Crippen molar-refractivity contribution >= 4 is 5.91 Å². The Balaban J connectivity index is 2.81. The van der Waals surface area contributed by atoms with Crippen LogP contribution in [0.1, 0.15) is 31.9 Å². The van der Waals surface area contributed by atoms with E-state index in [-0.39, 0.29) is 24.4 Å². The first kappa shape index (κ1) is 15.4. The molecule has 0 aromatic heterocycles. The lowest BCUT2D eigenvalue weighted by Crippen LogP contribution is -2.26. The zero-order valence-corrected chi connectivity index (χ0v) is 11.6. The van der Waals surface area contributed by atoms with Crippen molar-refractivity contribution in [2.75, 3.05) is 20.2 Å². The van der Waals surface area contributed by atoms with Crippen molar-refractivity contribution in [1.82, 2.24) is 10.6 Å². The first-order valence-electron chi connectivity index (χ1n) is 6.44. The summed E-state index contributed by atoms with van der Waals surface area (Å²) in [5.41, 5.74) is 0.720. The molecule has 4 nitrogen and oxygen atoms in total. The van der Waals surface area contributed by atoms with Gasteiger partial charge in [0.25, 0.3) is 5.91 Å². The van der Waals surface area contributed by atoms with E-state index in [1.165, 1.54) is 12.1 Å². The highest BCUT2D eigenvalue weighted by molar-refractivity contribution is 5.77. The number of hydrogen-bond donors (Lipinski definition) is 2. The van der Waals surface area contributed by atoms with Crippen molar-refractivity contribution in [1.29, 1.82) is 0 Å². The summed E-state index contributed by atoms with van der Waals surface area (Å²) in [5, 5.41) is 5.75. The summed E-state index contributed by atoms with van der Waals surface area (Å²) >= 11 is 0. The fourth-order valence-corrected chi connectivity index (χ4v) is 1.68. The Morgan fingerprint density at radius 2 is 2.21 bits per heavy atom. The Hall–Kier alpha value is -1.62. The number of benzene rings is 1. The number of halogens is 1. The van der Waals surface area contributed by atoms with E-state index < -0.39 is 0 Å². The van der Waals surface area contributed by atoms with E-state index in [2.05, 4.69) is 17.6 Å². The molecule has 0 aliphatic heterocycles. The van der Waals surface area contributed by atoms with E-state index in [4.69, 9.17) is 4.74 Å². The minimum Gasteiger partial charge on any atom is -0.483 e. The monoisotopic (exact) mass is 268 g/mol. The Bertz CT molecular complexity index is 424. The summed E-state index contributed by atoms with van der Waals surface area (Å²) in [7, 11) is 1.54. The smallest absolute Gasteiger partial charge is 0.257 e. The minimum absolute atomic E-state index is 0.0321. The molecule has 1 amide bonds. The molecule has 0 aliphatic rings. The summed E-state index contributed by atoms with van der Waals surface area (Å²) < 4.78 is 18.8. The van der Waals surface area contributed by atoms with Crippen molar-refractivity contribution < 1.29 is 13.9 Å². The molecule has 1 atom stereocenters. The molecule has 1 unspecified atom stereocenters. The van der Waals surface area contributed by atoms with Crippen LogP contribution in [0.5, 0.6) is 5.75 Å². The molecule has 1 aromatic rings. The van der Waals surface area contributed by atoms with E-state index in [1.807, 2.05) is 6.92 Å². The second-order valence-corrected chi connectivity index (χ2v) is 4.32. The number of nitrogens with one attached hydrogen (secondary N) is 2. The highest BCUT2D eigenvalue weighted by atomic mass is 19.1. The number of ether oxygens (including phenoxy) is 1. The summed E-state index contributed by atoms with van der Waals surface area (Å²) in [6.07, 6.45) is 0.994. The van der Waals surface area contributed by atoms with Crippen molar-refractivity contribution in [2.24, 2.45) is 0 Å². The van der Waals surface area contributed by atoms with E-state index in [0.29, 0.717) is 5.75 Å². The second kappa shape index (κ2) is 7.74. The van der Waals surface area contributed by atoms with Gasteiger partial charge in [0.05, 0.1) is 0 Å². The molecule has 0 saturated carbocycles. The van der Waals surface area contributed by atoms with E-state index >= 15 is 0 Å². The SMILES string of the molecule is CCCNC(C)c1cc(F)ccc1OCC(=O)NC. The average molecular weight is 268 g/mol. The molecule has 0 saturated heterocycles. The molecule has 0 aliphatic carbocycles. The van der Waals surface area contributed by atoms with Gasteiger partial charge in [-0.05, 0) is 38.1 Å². The highest BCUT2D eigenvalue weighted by Crippen LogP contribution is 2.26. The quantitative estimate of drug-likeness (QED) is 0.795. The van der Waals surface area contributed by atoms with Crippen LogP contribution < -0.4 is 15.4 Å². The van der Waals surface area contributed by atoms with Gasteiger partial charge in [-0.3, -0.25) is 4.79 Å². The molecular weight excluding hydrogens is 247 g/mol. The molecule has 19 heavy (non-hydrogen) atoms.